The number of ether oxygens (including phenoxy) is 1. The molecule has 0 saturated carbocycles. The Morgan fingerprint density at radius 1 is 1.12 bits per heavy atom. The molecule has 0 aliphatic carbocycles. The van der Waals surface area contributed by atoms with Crippen LogP contribution in [-0.4, -0.2) is 17.9 Å². The van der Waals surface area contributed by atoms with Crippen molar-refractivity contribution in [2.75, 3.05) is 7.11 Å². The van der Waals surface area contributed by atoms with Gasteiger partial charge in [-0.1, -0.05) is 24.3 Å². The molecule has 0 bridgehead atoms. The van der Waals surface area contributed by atoms with E-state index in [4.69, 9.17) is 4.74 Å². The van der Waals surface area contributed by atoms with Crippen LogP contribution in [0.15, 0.2) is 53.3 Å². The van der Waals surface area contributed by atoms with E-state index >= 15 is 0 Å². The first-order valence-corrected chi connectivity index (χ1v) is 8.55. The van der Waals surface area contributed by atoms with Gasteiger partial charge in [0.25, 0.3) is 5.56 Å². The molecule has 3 rings (SSSR count). The third-order valence-corrected chi connectivity index (χ3v) is 4.76. The number of carbonyl (C=O) groups excluding carboxylic acids is 1. The Balaban J connectivity index is 1.96. The minimum atomic E-state index is -0.193. The normalized spacial score (nSPS) is 12.4. The first kappa shape index (κ1) is 16.9. The third-order valence-electron chi connectivity index (χ3n) is 3.79. The number of thiazole rings is 1. The van der Waals surface area contributed by atoms with E-state index in [2.05, 4.69) is 4.98 Å². The second-order valence-corrected chi connectivity index (χ2v) is 6.61. The smallest absolute Gasteiger partial charge is 0.266 e. The predicted octanol–water partition coefficient (Wildman–Crippen LogP) is 2.25. The van der Waals surface area contributed by atoms with Gasteiger partial charge in [0.2, 0.25) is 0 Å². The molecule has 25 heavy (non-hydrogen) atoms. The van der Waals surface area contributed by atoms with Crippen LogP contribution in [0.2, 0.25) is 0 Å². The summed E-state index contributed by atoms with van der Waals surface area (Å²) in [6.07, 6.45) is 3.29. The molecular formula is C20H17NO3S. The van der Waals surface area contributed by atoms with Crippen LogP contribution in [0.4, 0.5) is 0 Å². The van der Waals surface area contributed by atoms with Crippen LogP contribution < -0.4 is 19.5 Å². The third kappa shape index (κ3) is 3.95. The molecule has 1 aromatic heterocycles. The molecule has 2 aromatic carbocycles. The van der Waals surface area contributed by atoms with E-state index in [-0.39, 0.29) is 11.3 Å². The highest BCUT2D eigenvalue weighted by Crippen LogP contribution is 2.12. The summed E-state index contributed by atoms with van der Waals surface area (Å²) in [4.78, 5) is 27.2. The number of Topliss-reactive ketones (excluding diaryl/α,β-unsaturated/α-hetero) is 1. The van der Waals surface area contributed by atoms with Crippen molar-refractivity contribution in [2.45, 2.75) is 6.92 Å². The number of nitrogens with one attached hydrogen (secondary N) is 1. The highest BCUT2D eigenvalue weighted by Gasteiger charge is 2.04. The Morgan fingerprint density at radius 3 is 2.52 bits per heavy atom. The number of ketones is 1. The van der Waals surface area contributed by atoms with Gasteiger partial charge in [-0.25, -0.2) is 0 Å². The summed E-state index contributed by atoms with van der Waals surface area (Å²) in [5.41, 5.74) is 2.43. The summed E-state index contributed by atoms with van der Waals surface area (Å²) in [6, 6.07) is 14.7. The molecule has 0 radical (unpaired) electrons. The molecule has 0 fully saturated rings. The molecule has 0 amide bonds. The zero-order valence-corrected chi connectivity index (χ0v) is 14.7. The van der Waals surface area contributed by atoms with Crippen molar-refractivity contribution in [3.63, 3.8) is 0 Å². The summed E-state index contributed by atoms with van der Waals surface area (Å²) < 4.78 is 6.19. The van der Waals surface area contributed by atoms with Gasteiger partial charge in [-0.15, -0.1) is 11.3 Å². The second-order valence-electron chi connectivity index (χ2n) is 5.52. The zero-order chi connectivity index (χ0) is 17.8. The molecule has 4 nitrogen and oxygen atoms in total. The van der Waals surface area contributed by atoms with E-state index in [1.54, 1.807) is 31.4 Å². The summed E-state index contributed by atoms with van der Waals surface area (Å²) in [5, 5.41) is 0. The molecule has 0 spiro atoms. The number of rotatable bonds is 4. The fourth-order valence-electron chi connectivity index (χ4n) is 2.37. The molecule has 0 atom stereocenters. The molecular weight excluding hydrogens is 334 g/mol. The molecule has 5 heteroatoms. The Morgan fingerprint density at radius 2 is 1.84 bits per heavy atom. The minimum Gasteiger partial charge on any atom is -0.497 e. The van der Waals surface area contributed by atoms with Crippen LogP contribution >= 0.6 is 11.3 Å². The topological polar surface area (TPSA) is 59.2 Å². The van der Waals surface area contributed by atoms with E-state index in [9.17, 15) is 9.59 Å². The number of carbonyl (C=O) groups is 1. The van der Waals surface area contributed by atoms with Crippen LogP contribution in [0.5, 0.6) is 5.75 Å². The minimum absolute atomic E-state index is 0.164. The Labute approximate surface area is 148 Å². The van der Waals surface area contributed by atoms with Crippen LogP contribution in [0, 0.1) is 6.92 Å². The highest BCUT2D eigenvalue weighted by molar-refractivity contribution is 7.07. The fraction of sp³-hybridized carbons (Fsp3) is 0.100. The van der Waals surface area contributed by atoms with E-state index in [0.717, 1.165) is 11.1 Å². The van der Waals surface area contributed by atoms with Gasteiger partial charge >= 0.3 is 0 Å². The van der Waals surface area contributed by atoms with Crippen LogP contribution in [-0.2, 0) is 0 Å². The van der Waals surface area contributed by atoms with Crippen molar-refractivity contribution in [1.82, 2.24) is 4.98 Å². The van der Waals surface area contributed by atoms with Gasteiger partial charge in [-0.05, 0) is 48.4 Å². The molecule has 126 valence electrons. The van der Waals surface area contributed by atoms with Gasteiger partial charge in [-0.2, -0.15) is 0 Å². The second kappa shape index (κ2) is 7.32. The number of H-pyrrole nitrogens is 1. The highest BCUT2D eigenvalue weighted by atomic mass is 32.1. The zero-order valence-electron chi connectivity index (χ0n) is 13.9. The van der Waals surface area contributed by atoms with E-state index in [1.165, 1.54) is 17.4 Å². The summed E-state index contributed by atoms with van der Waals surface area (Å²) in [6.45, 7) is 1.99. The lowest BCUT2D eigenvalue weighted by molar-refractivity contribution is 0.106. The van der Waals surface area contributed by atoms with E-state index < -0.39 is 0 Å². The average Bonchev–Trinajstić information content (AvgIpc) is 2.96. The first-order chi connectivity index (χ1) is 12.1. The Bertz CT molecular complexity index is 1080. The SMILES string of the molecule is COc1ccc(C(=O)/C=c2/[nH]c(=O)/c(=C/c3ccccc3C)s2)cc1. The van der Waals surface area contributed by atoms with E-state index in [1.807, 2.05) is 37.3 Å². The van der Waals surface area contributed by atoms with Crippen molar-refractivity contribution in [2.24, 2.45) is 0 Å². The summed E-state index contributed by atoms with van der Waals surface area (Å²) in [5.74, 6) is 0.527. The lowest BCUT2D eigenvalue weighted by Crippen LogP contribution is -2.20. The molecule has 3 aromatic rings. The van der Waals surface area contributed by atoms with Gasteiger partial charge in [0, 0.05) is 11.6 Å². The van der Waals surface area contributed by atoms with Crippen LogP contribution in [0.1, 0.15) is 21.5 Å². The average molecular weight is 351 g/mol. The number of benzene rings is 2. The number of hydrogen-bond donors (Lipinski definition) is 1. The van der Waals surface area contributed by atoms with Crippen molar-refractivity contribution >= 4 is 29.3 Å². The van der Waals surface area contributed by atoms with Crippen molar-refractivity contribution in [3.8, 4) is 5.75 Å². The quantitative estimate of drug-likeness (QED) is 0.734. The number of aryl methyl sites for hydroxylation is 1. The molecule has 0 aliphatic heterocycles. The van der Waals surface area contributed by atoms with Gasteiger partial charge in [-0.3, -0.25) is 9.59 Å². The Hall–Kier alpha value is -2.92. The fourth-order valence-corrected chi connectivity index (χ4v) is 3.25. The van der Waals surface area contributed by atoms with Gasteiger partial charge < -0.3 is 9.72 Å². The lowest BCUT2D eigenvalue weighted by Gasteiger charge is -1.99. The van der Waals surface area contributed by atoms with Gasteiger partial charge in [0.15, 0.2) is 5.78 Å². The van der Waals surface area contributed by atoms with Crippen LogP contribution in [0.25, 0.3) is 12.2 Å². The summed E-state index contributed by atoms with van der Waals surface area (Å²) >= 11 is 1.27. The number of aromatic nitrogens is 1. The number of methoxy groups -OCH3 is 1. The molecule has 0 saturated heterocycles. The van der Waals surface area contributed by atoms with E-state index in [0.29, 0.717) is 20.5 Å². The maximum Gasteiger partial charge on any atom is 0.266 e. The Kier molecular flexibility index (Phi) is 4.95. The van der Waals surface area contributed by atoms with Crippen molar-refractivity contribution < 1.29 is 9.53 Å². The first-order valence-electron chi connectivity index (χ1n) is 7.73. The lowest BCUT2D eigenvalue weighted by atomic mass is 10.1. The molecule has 0 aliphatic rings. The molecule has 0 unspecified atom stereocenters. The van der Waals surface area contributed by atoms with Crippen molar-refractivity contribution in [1.29, 1.82) is 0 Å². The number of hydrogen-bond acceptors (Lipinski definition) is 4. The predicted molar refractivity (Wildman–Crippen MR) is 101 cm³/mol. The van der Waals surface area contributed by atoms with Gasteiger partial charge in [0.05, 0.1) is 16.3 Å². The van der Waals surface area contributed by atoms with Crippen LogP contribution in [0.3, 0.4) is 0 Å². The maximum atomic E-state index is 12.3. The molecule has 1 heterocycles. The van der Waals surface area contributed by atoms with Gasteiger partial charge in [0.1, 0.15) is 5.75 Å². The standard InChI is InChI=1S/C20H17NO3S/c1-13-5-3-4-6-15(13)11-18-20(23)21-19(25-18)12-17(22)14-7-9-16(24-2)10-8-14/h3-12H,1-2H3,(H,21,23)/b18-11-,19-12-. The van der Waals surface area contributed by atoms with Crippen molar-refractivity contribution in [3.05, 3.63) is 84.8 Å². The maximum absolute atomic E-state index is 12.3. The molecule has 1 N–H and O–H groups in total. The monoisotopic (exact) mass is 351 g/mol. The number of aromatic amines is 1. The largest absolute Gasteiger partial charge is 0.497 e. The summed E-state index contributed by atoms with van der Waals surface area (Å²) in [7, 11) is 1.58.